The first kappa shape index (κ1) is 11.2. The second-order valence-corrected chi connectivity index (χ2v) is 5.00. The lowest BCUT2D eigenvalue weighted by Crippen LogP contribution is -2.13. The largest absolute Gasteiger partial charge is 0.375 e. The Balaban J connectivity index is 1.82. The van der Waals surface area contributed by atoms with Crippen LogP contribution < -0.4 is 5.32 Å². The number of hydrogen-bond acceptors (Lipinski definition) is 3. The molecule has 1 aliphatic rings. The topological polar surface area (TPSA) is 37.8 Å². The van der Waals surface area contributed by atoms with Crippen molar-refractivity contribution in [2.45, 2.75) is 25.8 Å². The highest BCUT2D eigenvalue weighted by Crippen LogP contribution is 2.42. The molecule has 1 fully saturated rings. The van der Waals surface area contributed by atoms with Crippen LogP contribution in [0, 0.1) is 12.8 Å². The summed E-state index contributed by atoms with van der Waals surface area (Å²) < 4.78 is 0. The van der Waals surface area contributed by atoms with Gasteiger partial charge in [0.1, 0.15) is 6.33 Å². The standard InChI is InChI=1S/C15H17N3/c1-11-2-4-12(5-3-11)15(13-6-7-13)18-14-8-16-10-17-9-14/h2-5,8-10,13,15,18H,6-7H2,1H3. The Bertz CT molecular complexity index is 503. The first-order chi connectivity index (χ1) is 8.83. The highest BCUT2D eigenvalue weighted by atomic mass is 15.0. The Labute approximate surface area is 107 Å². The number of anilines is 1. The van der Waals surface area contributed by atoms with E-state index in [1.807, 2.05) is 12.4 Å². The molecule has 3 nitrogen and oxygen atoms in total. The molecule has 92 valence electrons. The van der Waals surface area contributed by atoms with Gasteiger partial charge in [0, 0.05) is 0 Å². The van der Waals surface area contributed by atoms with Crippen LogP contribution >= 0.6 is 0 Å². The van der Waals surface area contributed by atoms with E-state index in [0.29, 0.717) is 6.04 Å². The molecule has 1 atom stereocenters. The van der Waals surface area contributed by atoms with E-state index in [1.165, 1.54) is 24.0 Å². The van der Waals surface area contributed by atoms with Crippen molar-refractivity contribution < 1.29 is 0 Å². The number of benzene rings is 1. The fourth-order valence-electron chi connectivity index (χ4n) is 2.23. The quantitative estimate of drug-likeness (QED) is 0.889. The van der Waals surface area contributed by atoms with Gasteiger partial charge in [0.2, 0.25) is 0 Å². The third-order valence-electron chi connectivity index (χ3n) is 3.41. The van der Waals surface area contributed by atoms with E-state index in [-0.39, 0.29) is 0 Å². The van der Waals surface area contributed by atoms with Crippen LogP contribution in [0.3, 0.4) is 0 Å². The van der Waals surface area contributed by atoms with Crippen LogP contribution in [0.15, 0.2) is 43.0 Å². The smallest absolute Gasteiger partial charge is 0.115 e. The lowest BCUT2D eigenvalue weighted by molar-refractivity contribution is 0.678. The number of aryl methyl sites for hydroxylation is 1. The minimum absolute atomic E-state index is 0.386. The molecule has 0 radical (unpaired) electrons. The number of aromatic nitrogens is 2. The summed E-state index contributed by atoms with van der Waals surface area (Å²) in [5, 5.41) is 3.55. The lowest BCUT2D eigenvalue weighted by atomic mass is 10.0. The summed E-state index contributed by atoms with van der Waals surface area (Å²) >= 11 is 0. The summed E-state index contributed by atoms with van der Waals surface area (Å²) in [6, 6.07) is 9.17. The van der Waals surface area contributed by atoms with Gasteiger partial charge in [0.25, 0.3) is 0 Å². The number of hydrogen-bond donors (Lipinski definition) is 1. The predicted molar refractivity (Wildman–Crippen MR) is 72.3 cm³/mol. The van der Waals surface area contributed by atoms with Crippen molar-refractivity contribution in [3.8, 4) is 0 Å². The average molecular weight is 239 g/mol. The van der Waals surface area contributed by atoms with Crippen molar-refractivity contribution in [3.63, 3.8) is 0 Å². The van der Waals surface area contributed by atoms with Crippen molar-refractivity contribution in [1.82, 2.24) is 9.97 Å². The van der Waals surface area contributed by atoms with Crippen LogP contribution in [0.2, 0.25) is 0 Å². The molecule has 1 heterocycles. The molecule has 1 saturated carbocycles. The first-order valence-electron chi connectivity index (χ1n) is 6.41. The molecule has 0 aliphatic heterocycles. The van der Waals surface area contributed by atoms with E-state index in [9.17, 15) is 0 Å². The van der Waals surface area contributed by atoms with E-state index >= 15 is 0 Å². The molecule has 3 rings (SSSR count). The van der Waals surface area contributed by atoms with Crippen molar-refractivity contribution >= 4 is 5.69 Å². The molecule has 0 spiro atoms. The van der Waals surface area contributed by atoms with E-state index < -0.39 is 0 Å². The minimum Gasteiger partial charge on any atom is -0.375 e. The third-order valence-corrected chi connectivity index (χ3v) is 3.41. The second kappa shape index (κ2) is 4.77. The summed E-state index contributed by atoms with van der Waals surface area (Å²) in [7, 11) is 0. The Morgan fingerprint density at radius 3 is 2.39 bits per heavy atom. The van der Waals surface area contributed by atoms with Gasteiger partial charge in [-0.1, -0.05) is 29.8 Å². The van der Waals surface area contributed by atoms with Gasteiger partial charge in [-0.05, 0) is 31.2 Å². The van der Waals surface area contributed by atoms with Gasteiger partial charge in [0.05, 0.1) is 24.1 Å². The van der Waals surface area contributed by atoms with E-state index in [0.717, 1.165) is 11.6 Å². The molecule has 1 aromatic carbocycles. The van der Waals surface area contributed by atoms with Crippen molar-refractivity contribution in [3.05, 3.63) is 54.1 Å². The molecule has 2 aromatic rings. The maximum absolute atomic E-state index is 4.05. The summed E-state index contributed by atoms with van der Waals surface area (Å²) in [4.78, 5) is 8.10. The molecule has 1 N–H and O–H groups in total. The van der Waals surface area contributed by atoms with Crippen molar-refractivity contribution in [2.75, 3.05) is 5.32 Å². The molecule has 0 bridgehead atoms. The molecule has 1 unspecified atom stereocenters. The second-order valence-electron chi connectivity index (χ2n) is 5.00. The number of nitrogens with one attached hydrogen (secondary N) is 1. The summed E-state index contributed by atoms with van der Waals surface area (Å²) in [6.45, 7) is 2.12. The Morgan fingerprint density at radius 1 is 1.11 bits per heavy atom. The van der Waals surface area contributed by atoms with Gasteiger partial charge in [0.15, 0.2) is 0 Å². The molecular formula is C15H17N3. The first-order valence-corrected chi connectivity index (χ1v) is 6.41. The normalized spacial score (nSPS) is 16.3. The molecule has 1 aromatic heterocycles. The van der Waals surface area contributed by atoms with E-state index in [4.69, 9.17) is 0 Å². The van der Waals surface area contributed by atoms with E-state index in [1.54, 1.807) is 6.33 Å². The van der Waals surface area contributed by atoms with Gasteiger partial charge in [-0.15, -0.1) is 0 Å². The Hall–Kier alpha value is -1.90. The average Bonchev–Trinajstić information content (AvgIpc) is 3.23. The molecule has 0 saturated heterocycles. The van der Waals surface area contributed by atoms with Gasteiger partial charge in [-0.25, -0.2) is 9.97 Å². The molecule has 1 aliphatic carbocycles. The predicted octanol–water partition coefficient (Wildman–Crippen LogP) is 3.35. The van der Waals surface area contributed by atoms with Gasteiger partial charge in [-0.3, -0.25) is 0 Å². The molecule has 0 amide bonds. The zero-order valence-corrected chi connectivity index (χ0v) is 10.5. The van der Waals surface area contributed by atoms with Crippen molar-refractivity contribution in [1.29, 1.82) is 0 Å². The fourth-order valence-corrected chi connectivity index (χ4v) is 2.23. The molecular weight excluding hydrogens is 222 g/mol. The summed E-state index contributed by atoms with van der Waals surface area (Å²) in [6.07, 6.45) is 7.83. The highest BCUT2D eigenvalue weighted by molar-refractivity contribution is 5.42. The fraction of sp³-hybridized carbons (Fsp3) is 0.333. The zero-order chi connectivity index (χ0) is 12.4. The van der Waals surface area contributed by atoms with Crippen LogP contribution in [-0.2, 0) is 0 Å². The Kier molecular flexibility index (Phi) is 2.97. The van der Waals surface area contributed by atoms with Gasteiger partial charge in [-0.2, -0.15) is 0 Å². The lowest BCUT2D eigenvalue weighted by Gasteiger charge is -2.19. The molecule has 3 heteroatoms. The minimum atomic E-state index is 0.386. The van der Waals surface area contributed by atoms with Crippen LogP contribution in [0.1, 0.15) is 30.0 Å². The number of nitrogens with zero attached hydrogens (tertiary/aromatic N) is 2. The summed E-state index contributed by atoms with van der Waals surface area (Å²) in [5.41, 5.74) is 3.65. The Morgan fingerprint density at radius 2 is 1.78 bits per heavy atom. The maximum atomic E-state index is 4.05. The highest BCUT2D eigenvalue weighted by Gasteiger charge is 2.32. The SMILES string of the molecule is Cc1ccc(C(Nc2cncnc2)C2CC2)cc1. The number of rotatable bonds is 4. The maximum Gasteiger partial charge on any atom is 0.115 e. The van der Waals surface area contributed by atoms with Crippen LogP contribution in [0.25, 0.3) is 0 Å². The zero-order valence-electron chi connectivity index (χ0n) is 10.5. The van der Waals surface area contributed by atoms with Crippen LogP contribution in [0.4, 0.5) is 5.69 Å². The third kappa shape index (κ3) is 2.50. The van der Waals surface area contributed by atoms with Crippen LogP contribution in [0.5, 0.6) is 0 Å². The summed E-state index contributed by atoms with van der Waals surface area (Å²) in [5.74, 6) is 0.743. The van der Waals surface area contributed by atoms with Crippen molar-refractivity contribution in [2.24, 2.45) is 5.92 Å². The molecule has 18 heavy (non-hydrogen) atoms. The van der Waals surface area contributed by atoms with Gasteiger partial charge < -0.3 is 5.32 Å². The monoisotopic (exact) mass is 239 g/mol. The van der Waals surface area contributed by atoms with Crippen LogP contribution in [-0.4, -0.2) is 9.97 Å². The van der Waals surface area contributed by atoms with Gasteiger partial charge >= 0.3 is 0 Å². The van der Waals surface area contributed by atoms with E-state index in [2.05, 4.69) is 46.5 Å².